The summed E-state index contributed by atoms with van der Waals surface area (Å²) in [7, 11) is 1.81. The lowest BCUT2D eigenvalue weighted by Crippen LogP contribution is -1.90. The van der Waals surface area contributed by atoms with Crippen LogP contribution in [0, 0.1) is 0 Å². The molecule has 0 aromatic rings. The molecule has 0 aromatic carbocycles. The van der Waals surface area contributed by atoms with Gasteiger partial charge in [-0.3, -0.25) is 4.99 Å². The second kappa shape index (κ2) is 5.10. The predicted molar refractivity (Wildman–Crippen MR) is 39.0 cm³/mol. The van der Waals surface area contributed by atoms with E-state index in [0.717, 1.165) is 18.7 Å². The largest absolute Gasteiger partial charge is 0.298 e. The summed E-state index contributed by atoms with van der Waals surface area (Å²) in [5, 5.41) is 0. The first-order chi connectivity index (χ1) is 3.81. The fraction of sp³-hybridized carbons (Fsp3) is 0.833. The van der Waals surface area contributed by atoms with Gasteiger partial charge in [0.1, 0.15) is 0 Å². The molecule has 0 N–H and O–H groups in total. The van der Waals surface area contributed by atoms with E-state index in [-0.39, 0.29) is 0 Å². The molecule has 0 fully saturated rings. The second-order valence-corrected chi connectivity index (χ2v) is 2.13. The number of alkyl halides is 1. The molecule has 0 amide bonds. The van der Waals surface area contributed by atoms with E-state index in [0.29, 0.717) is 0 Å². The monoisotopic (exact) mass is 133 g/mol. The fourth-order valence-corrected chi connectivity index (χ4v) is 0.568. The highest BCUT2D eigenvalue weighted by Gasteiger charge is 1.86. The van der Waals surface area contributed by atoms with Crippen LogP contribution in [0.3, 0.4) is 0 Å². The molecular weight excluding hydrogens is 122 g/mol. The highest BCUT2D eigenvalue weighted by molar-refractivity contribution is 6.17. The third-order valence-electron chi connectivity index (χ3n) is 1.05. The molecule has 0 radical (unpaired) electrons. The van der Waals surface area contributed by atoms with Crippen LogP contribution in [0.5, 0.6) is 0 Å². The number of nitrogens with zero attached hydrogens (tertiary/aromatic N) is 1. The summed E-state index contributed by atoms with van der Waals surface area (Å²) in [5.41, 5.74) is 1.19. The molecule has 0 rings (SSSR count). The summed E-state index contributed by atoms with van der Waals surface area (Å²) < 4.78 is 0. The van der Waals surface area contributed by atoms with Crippen molar-refractivity contribution < 1.29 is 0 Å². The number of rotatable bonds is 3. The third-order valence-corrected chi connectivity index (χ3v) is 1.32. The van der Waals surface area contributed by atoms with Gasteiger partial charge in [0.2, 0.25) is 0 Å². The quantitative estimate of drug-likeness (QED) is 0.413. The SMILES string of the molecule is CN=C(C)CCCCl. The van der Waals surface area contributed by atoms with Gasteiger partial charge in [0.15, 0.2) is 0 Å². The summed E-state index contributed by atoms with van der Waals surface area (Å²) >= 11 is 5.45. The van der Waals surface area contributed by atoms with E-state index in [1.54, 1.807) is 0 Å². The van der Waals surface area contributed by atoms with Crippen LogP contribution in [0.15, 0.2) is 4.99 Å². The minimum Gasteiger partial charge on any atom is -0.298 e. The standard InChI is InChI=1S/C6H12ClN/c1-6(8-2)4-3-5-7/h3-5H2,1-2H3. The topological polar surface area (TPSA) is 12.4 Å². The van der Waals surface area contributed by atoms with Crippen molar-refractivity contribution in [3.63, 3.8) is 0 Å². The van der Waals surface area contributed by atoms with Crippen LogP contribution in [0.4, 0.5) is 0 Å². The Morgan fingerprint density at radius 2 is 2.25 bits per heavy atom. The summed E-state index contributed by atoms with van der Waals surface area (Å²) in [5.74, 6) is 0.743. The van der Waals surface area contributed by atoms with Gasteiger partial charge in [-0.25, -0.2) is 0 Å². The Morgan fingerprint density at radius 3 is 2.62 bits per heavy atom. The van der Waals surface area contributed by atoms with E-state index in [1.807, 2.05) is 14.0 Å². The number of hydrogen-bond donors (Lipinski definition) is 0. The zero-order valence-electron chi connectivity index (χ0n) is 5.45. The lowest BCUT2D eigenvalue weighted by molar-refractivity contribution is 0.992. The number of hydrogen-bond acceptors (Lipinski definition) is 1. The van der Waals surface area contributed by atoms with Crippen molar-refractivity contribution in [1.82, 2.24) is 0 Å². The Kier molecular flexibility index (Phi) is 5.08. The molecule has 0 atom stereocenters. The van der Waals surface area contributed by atoms with Gasteiger partial charge in [0.25, 0.3) is 0 Å². The molecule has 0 saturated carbocycles. The van der Waals surface area contributed by atoms with Crippen LogP contribution in [0.2, 0.25) is 0 Å². The molecule has 0 bridgehead atoms. The molecule has 0 aromatic heterocycles. The first-order valence-electron chi connectivity index (χ1n) is 2.79. The lowest BCUT2D eigenvalue weighted by Gasteiger charge is -1.92. The summed E-state index contributed by atoms with van der Waals surface area (Å²) in [4.78, 5) is 3.98. The van der Waals surface area contributed by atoms with E-state index >= 15 is 0 Å². The van der Waals surface area contributed by atoms with Gasteiger partial charge in [0.05, 0.1) is 0 Å². The van der Waals surface area contributed by atoms with Crippen LogP contribution in [-0.4, -0.2) is 18.6 Å². The molecular formula is C6H12ClN. The molecule has 1 nitrogen and oxygen atoms in total. The van der Waals surface area contributed by atoms with Crippen LogP contribution in [-0.2, 0) is 0 Å². The molecule has 8 heavy (non-hydrogen) atoms. The van der Waals surface area contributed by atoms with Gasteiger partial charge in [-0.2, -0.15) is 0 Å². The molecule has 48 valence electrons. The van der Waals surface area contributed by atoms with E-state index < -0.39 is 0 Å². The Morgan fingerprint density at radius 1 is 1.62 bits per heavy atom. The Balaban J connectivity index is 3.12. The fourth-order valence-electron chi connectivity index (χ4n) is 0.434. The summed E-state index contributed by atoms with van der Waals surface area (Å²) in [6, 6.07) is 0. The van der Waals surface area contributed by atoms with Crippen molar-refractivity contribution in [1.29, 1.82) is 0 Å². The maximum atomic E-state index is 5.45. The van der Waals surface area contributed by atoms with Crippen molar-refractivity contribution in [2.45, 2.75) is 19.8 Å². The van der Waals surface area contributed by atoms with Gasteiger partial charge < -0.3 is 0 Å². The molecule has 0 aliphatic carbocycles. The van der Waals surface area contributed by atoms with Gasteiger partial charge in [-0.1, -0.05) is 0 Å². The van der Waals surface area contributed by atoms with Crippen molar-refractivity contribution >= 4 is 17.3 Å². The zero-order valence-corrected chi connectivity index (χ0v) is 6.20. The Hall–Kier alpha value is -0.0400. The molecule has 0 heterocycles. The highest BCUT2D eigenvalue weighted by atomic mass is 35.5. The van der Waals surface area contributed by atoms with Crippen molar-refractivity contribution in [3.8, 4) is 0 Å². The van der Waals surface area contributed by atoms with E-state index in [4.69, 9.17) is 11.6 Å². The van der Waals surface area contributed by atoms with Crippen molar-refractivity contribution in [2.24, 2.45) is 4.99 Å². The van der Waals surface area contributed by atoms with Crippen molar-refractivity contribution in [2.75, 3.05) is 12.9 Å². The zero-order chi connectivity index (χ0) is 6.41. The molecule has 2 heteroatoms. The third kappa shape index (κ3) is 4.13. The molecule has 0 aliphatic heterocycles. The normalized spacial score (nSPS) is 12.1. The molecule has 0 saturated heterocycles. The number of aliphatic imine (C=N–C) groups is 1. The minimum atomic E-state index is 0.743. The first kappa shape index (κ1) is 7.96. The highest BCUT2D eigenvalue weighted by Crippen LogP contribution is 1.93. The summed E-state index contributed by atoms with van der Waals surface area (Å²) in [6.07, 6.45) is 2.09. The Bertz CT molecular complexity index is 78.6. The van der Waals surface area contributed by atoms with Crippen LogP contribution >= 0.6 is 11.6 Å². The maximum absolute atomic E-state index is 5.45. The molecule has 0 spiro atoms. The van der Waals surface area contributed by atoms with E-state index in [9.17, 15) is 0 Å². The van der Waals surface area contributed by atoms with E-state index in [2.05, 4.69) is 4.99 Å². The molecule has 0 unspecified atom stereocenters. The van der Waals surface area contributed by atoms with Crippen molar-refractivity contribution in [3.05, 3.63) is 0 Å². The first-order valence-corrected chi connectivity index (χ1v) is 3.33. The van der Waals surface area contributed by atoms with Gasteiger partial charge >= 0.3 is 0 Å². The second-order valence-electron chi connectivity index (χ2n) is 1.75. The van der Waals surface area contributed by atoms with Crippen LogP contribution in [0.1, 0.15) is 19.8 Å². The predicted octanol–water partition coefficient (Wildman–Crippen LogP) is 2.10. The summed E-state index contributed by atoms with van der Waals surface area (Å²) in [6.45, 7) is 2.02. The lowest BCUT2D eigenvalue weighted by atomic mass is 10.2. The van der Waals surface area contributed by atoms with Gasteiger partial charge in [0, 0.05) is 18.6 Å². The van der Waals surface area contributed by atoms with Gasteiger partial charge in [-0.15, -0.1) is 11.6 Å². The van der Waals surface area contributed by atoms with Gasteiger partial charge in [-0.05, 0) is 19.8 Å². The Labute approximate surface area is 55.8 Å². The van der Waals surface area contributed by atoms with Crippen LogP contribution < -0.4 is 0 Å². The average Bonchev–Trinajstić information content (AvgIpc) is 1.83. The van der Waals surface area contributed by atoms with E-state index in [1.165, 1.54) is 5.71 Å². The maximum Gasteiger partial charge on any atom is 0.0276 e. The average molecular weight is 134 g/mol. The smallest absolute Gasteiger partial charge is 0.0276 e. The van der Waals surface area contributed by atoms with Crippen LogP contribution in [0.25, 0.3) is 0 Å². The minimum absolute atomic E-state index is 0.743. The molecule has 0 aliphatic rings. The number of halogens is 1.